The van der Waals surface area contributed by atoms with Crippen LogP contribution in [0.3, 0.4) is 0 Å². The molecule has 0 saturated carbocycles. The van der Waals surface area contributed by atoms with E-state index in [9.17, 15) is 13.2 Å². The lowest BCUT2D eigenvalue weighted by Gasteiger charge is -2.23. The van der Waals surface area contributed by atoms with Gasteiger partial charge < -0.3 is 19.7 Å². The fourth-order valence-electron chi connectivity index (χ4n) is 2.83. The molecular formula is C19H27F3IN5O2. The Labute approximate surface area is 191 Å². The number of benzene rings is 1. The molecule has 7 nitrogen and oxygen atoms in total. The van der Waals surface area contributed by atoms with Crippen LogP contribution in [0.25, 0.3) is 0 Å². The van der Waals surface area contributed by atoms with Crippen LogP contribution < -0.4 is 14.8 Å². The number of alkyl halides is 3. The van der Waals surface area contributed by atoms with Gasteiger partial charge in [0, 0.05) is 50.6 Å². The van der Waals surface area contributed by atoms with Crippen molar-refractivity contribution in [1.29, 1.82) is 0 Å². The third-order valence-corrected chi connectivity index (χ3v) is 4.17. The summed E-state index contributed by atoms with van der Waals surface area (Å²) in [5.41, 5.74) is -0.0105. The van der Waals surface area contributed by atoms with E-state index in [1.807, 2.05) is 24.0 Å². The van der Waals surface area contributed by atoms with Crippen molar-refractivity contribution in [2.75, 3.05) is 27.8 Å². The smallest absolute Gasteiger partial charge is 0.435 e. The number of nitrogens with one attached hydrogen (secondary N) is 1. The zero-order chi connectivity index (χ0) is 21.6. The molecule has 30 heavy (non-hydrogen) atoms. The van der Waals surface area contributed by atoms with Gasteiger partial charge in [-0.25, -0.2) is 4.99 Å². The van der Waals surface area contributed by atoms with Gasteiger partial charge in [0.15, 0.2) is 11.7 Å². The molecule has 0 amide bonds. The van der Waals surface area contributed by atoms with Crippen LogP contribution in [0.2, 0.25) is 0 Å². The number of halogens is 4. The van der Waals surface area contributed by atoms with Crippen LogP contribution in [0.15, 0.2) is 29.4 Å². The van der Waals surface area contributed by atoms with Crippen molar-refractivity contribution in [3.63, 3.8) is 0 Å². The van der Waals surface area contributed by atoms with Gasteiger partial charge in [0.1, 0.15) is 11.5 Å². The maximum Gasteiger partial charge on any atom is 0.435 e. The molecule has 0 spiro atoms. The molecule has 0 fully saturated rings. The highest BCUT2D eigenvalue weighted by Gasteiger charge is 2.36. The first kappa shape index (κ1) is 25.9. The van der Waals surface area contributed by atoms with Crippen molar-refractivity contribution >= 4 is 29.9 Å². The summed E-state index contributed by atoms with van der Waals surface area (Å²) in [5.74, 6) is 1.80. The van der Waals surface area contributed by atoms with Gasteiger partial charge in [-0.2, -0.15) is 18.3 Å². The third-order valence-electron chi connectivity index (χ3n) is 4.17. The number of guanidine groups is 1. The monoisotopic (exact) mass is 541 g/mol. The van der Waals surface area contributed by atoms with E-state index in [4.69, 9.17) is 9.47 Å². The van der Waals surface area contributed by atoms with Crippen molar-refractivity contribution in [2.24, 2.45) is 12.0 Å². The first-order valence-corrected chi connectivity index (χ1v) is 8.99. The lowest BCUT2D eigenvalue weighted by Crippen LogP contribution is -2.38. The van der Waals surface area contributed by atoms with Gasteiger partial charge in [-0.15, -0.1) is 24.0 Å². The van der Waals surface area contributed by atoms with E-state index in [1.165, 1.54) is 13.2 Å². The summed E-state index contributed by atoms with van der Waals surface area (Å²) >= 11 is 0. The van der Waals surface area contributed by atoms with Gasteiger partial charge in [-0.05, 0) is 19.1 Å². The minimum atomic E-state index is -4.52. The predicted molar refractivity (Wildman–Crippen MR) is 119 cm³/mol. The molecule has 11 heteroatoms. The van der Waals surface area contributed by atoms with Crippen LogP contribution >= 0.6 is 24.0 Å². The predicted octanol–water partition coefficient (Wildman–Crippen LogP) is 3.67. The fraction of sp³-hybridized carbons (Fsp3) is 0.474. The Bertz CT molecular complexity index is 855. The highest BCUT2D eigenvalue weighted by molar-refractivity contribution is 14.0. The van der Waals surface area contributed by atoms with Crippen LogP contribution in [-0.4, -0.2) is 48.5 Å². The number of ether oxygens (including phenoxy) is 2. The average Bonchev–Trinajstić information content (AvgIpc) is 3.06. The van der Waals surface area contributed by atoms with Gasteiger partial charge in [-0.3, -0.25) is 4.68 Å². The molecule has 0 atom stereocenters. The summed E-state index contributed by atoms with van der Waals surface area (Å²) < 4.78 is 51.2. The quantitative estimate of drug-likeness (QED) is 0.330. The second-order valence-corrected chi connectivity index (χ2v) is 6.38. The number of aryl methyl sites for hydroxylation is 1. The van der Waals surface area contributed by atoms with Crippen LogP contribution in [0, 0.1) is 0 Å². The SMILES string of the molecule is CCNC(=NCc1cn(C)nc1C(F)(F)F)N(C)Cc1ccc(OC)cc1OC.I. The number of hydrogen-bond donors (Lipinski definition) is 1. The van der Waals surface area contributed by atoms with Crippen LogP contribution in [0.4, 0.5) is 13.2 Å². The maximum atomic E-state index is 13.2. The Morgan fingerprint density at radius 3 is 2.50 bits per heavy atom. The average molecular weight is 541 g/mol. The molecule has 2 rings (SSSR count). The summed E-state index contributed by atoms with van der Waals surface area (Å²) in [7, 11) is 6.40. The molecule has 0 aliphatic carbocycles. The zero-order valence-corrected chi connectivity index (χ0v) is 19.9. The third kappa shape index (κ3) is 6.67. The molecule has 2 aromatic rings. The van der Waals surface area contributed by atoms with Crippen molar-refractivity contribution in [2.45, 2.75) is 26.2 Å². The first-order valence-electron chi connectivity index (χ1n) is 8.99. The highest BCUT2D eigenvalue weighted by atomic mass is 127. The number of aromatic nitrogens is 2. The van der Waals surface area contributed by atoms with Crippen LogP contribution in [-0.2, 0) is 26.3 Å². The van der Waals surface area contributed by atoms with Gasteiger partial charge >= 0.3 is 6.18 Å². The molecule has 168 valence electrons. The van der Waals surface area contributed by atoms with Gasteiger partial charge in [-0.1, -0.05) is 0 Å². The summed E-state index contributed by atoms with van der Waals surface area (Å²) in [5, 5.41) is 6.62. The number of methoxy groups -OCH3 is 2. The van der Waals surface area contributed by atoms with Gasteiger partial charge in [0.25, 0.3) is 0 Å². The van der Waals surface area contributed by atoms with Crippen LogP contribution in [0.5, 0.6) is 11.5 Å². The van der Waals surface area contributed by atoms with Gasteiger partial charge in [0.2, 0.25) is 0 Å². The topological polar surface area (TPSA) is 63.9 Å². The number of hydrogen-bond acceptors (Lipinski definition) is 4. The largest absolute Gasteiger partial charge is 0.497 e. The van der Waals surface area contributed by atoms with E-state index in [0.717, 1.165) is 10.2 Å². The minimum absolute atomic E-state index is 0. The Kier molecular flexibility index (Phi) is 9.72. The molecule has 1 N–H and O–H groups in total. The Morgan fingerprint density at radius 1 is 1.23 bits per heavy atom. The van der Waals surface area contributed by atoms with Crippen LogP contribution in [0.1, 0.15) is 23.7 Å². The summed E-state index contributed by atoms with van der Waals surface area (Å²) in [6, 6.07) is 5.47. The molecule has 0 aliphatic heterocycles. The van der Waals surface area contributed by atoms with Gasteiger partial charge in [0.05, 0.1) is 20.8 Å². The van der Waals surface area contributed by atoms with E-state index in [-0.39, 0.29) is 36.1 Å². The zero-order valence-electron chi connectivity index (χ0n) is 17.6. The second kappa shape index (κ2) is 11.3. The molecule has 0 radical (unpaired) electrons. The maximum absolute atomic E-state index is 13.2. The number of nitrogens with zero attached hydrogens (tertiary/aromatic N) is 4. The second-order valence-electron chi connectivity index (χ2n) is 6.38. The highest BCUT2D eigenvalue weighted by Crippen LogP contribution is 2.31. The Morgan fingerprint density at radius 2 is 1.93 bits per heavy atom. The minimum Gasteiger partial charge on any atom is -0.497 e. The van der Waals surface area contributed by atoms with Crippen molar-refractivity contribution in [3.05, 3.63) is 41.2 Å². The standard InChI is InChI=1S/C19H26F3N5O2.HI/c1-6-23-18(24-10-14-12-27(3)25-17(14)19(20,21)22)26(2)11-13-7-8-15(28-4)9-16(13)29-5;/h7-9,12H,6,10-11H2,1-5H3,(H,23,24);1H. The molecule has 1 aromatic heterocycles. The number of rotatable bonds is 7. The fourth-order valence-corrected chi connectivity index (χ4v) is 2.83. The van der Waals surface area contributed by atoms with E-state index in [2.05, 4.69) is 15.4 Å². The van der Waals surface area contributed by atoms with E-state index in [0.29, 0.717) is 30.5 Å². The molecule has 1 heterocycles. The lowest BCUT2D eigenvalue weighted by atomic mass is 10.2. The van der Waals surface area contributed by atoms with E-state index >= 15 is 0 Å². The summed E-state index contributed by atoms with van der Waals surface area (Å²) in [6.45, 7) is 2.76. The van der Waals surface area contributed by atoms with Crippen molar-refractivity contribution < 1.29 is 22.6 Å². The van der Waals surface area contributed by atoms with Crippen molar-refractivity contribution in [1.82, 2.24) is 20.0 Å². The van der Waals surface area contributed by atoms with E-state index < -0.39 is 11.9 Å². The lowest BCUT2D eigenvalue weighted by molar-refractivity contribution is -0.142. The molecule has 0 bridgehead atoms. The van der Waals surface area contributed by atoms with E-state index in [1.54, 1.807) is 27.3 Å². The summed E-state index contributed by atoms with van der Waals surface area (Å²) in [6.07, 6.45) is -3.19. The number of aliphatic imine (C=N–C) groups is 1. The normalized spacial score (nSPS) is 11.7. The molecule has 0 aliphatic rings. The summed E-state index contributed by atoms with van der Waals surface area (Å²) in [4.78, 5) is 6.19. The van der Waals surface area contributed by atoms with Crippen molar-refractivity contribution in [3.8, 4) is 11.5 Å². The molecule has 0 unspecified atom stereocenters. The first-order chi connectivity index (χ1) is 13.7. The Hall–Kier alpha value is -2.18. The molecule has 1 aromatic carbocycles. The molecular weight excluding hydrogens is 514 g/mol. The Balaban J connectivity index is 0.00000450. The molecule has 0 saturated heterocycles.